The first kappa shape index (κ1) is 23.6. The van der Waals surface area contributed by atoms with Crippen LogP contribution < -0.4 is 22.1 Å². The van der Waals surface area contributed by atoms with E-state index in [1.165, 1.54) is 0 Å². The van der Waals surface area contributed by atoms with Gasteiger partial charge in [0.05, 0.1) is 0 Å². The molecule has 0 aromatic heterocycles. The molecule has 6 nitrogen and oxygen atoms in total. The average Bonchev–Trinajstić information content (AvgIpc) is 2.79. The normalized spacial score (nSPS) is 10.6. The molecular formula is C24H34N4O2. The highest BCUT2D eigenvalue weighted by Gasteiger charge is 2.04. The summed E-state index contributed by atoms with van der Waals surface area (Å²) < 4.78 is 0. The molecule has 2 aromatic carbocycles. The van der Waals surface area contributed by atoms with Crippen LogP contribution in [0.5, 0.6) is 0 Å². The molecule has 0 heterocycles. The smallest absolute Gasteiger partial charge is 0.220 e. The molecule has 30 heavy (non-hydrogen) atoms. The lowest BCUT2D eigenvalue weighted by Crippen LogP contribution is -2.22. The van der Waals surface area contributed by atoms with Gasteiger partial charge in [-0.05, 0) is 35.1 Å². The van der Waals surface area contributed by atoms with Crippen LogP contribution in [-0.4, -0.2) is 11.8 Å². The summed E-state index contributed by atoms with van der Waals surface area (Å²) in [7, 11) is 0. The van der Waals surface area contributed by atoms with Crippen LogP contribution in [0.1, 0.15) is 60.8 Å². The molecular weight excluding hydrogens is 376 g/mol. The van der Waals surface area contributed by atoms with Crippen LogP contribution in [0.3, 0.4) is 0 Å². The van der Waals surface area contributed by atoms with Crippen molar-refractivity contribution in [3.63, 3.8) is 0 Å². The third-order valence-corrected chi connectivity index (χ3v) is 5.05. The Balaban J connectivity index is 1.48. The van der Waals surface area contributed by atoms with Crippen molar-refractivity contribution in [3.05, 3.63) is 70.8 Å². The number of rotatable bonds is 13. The Kier molecular flexibility index (Phi) is 10.6. The number of unbranched alkanes of at least 4 members (excludes halogenated alkanes) is 3. The van der Waals surface area contributed by atoms with Crippen LogP contribution in [0.15, 0.2) is 48.5 Å². The molecule has 2 amide bonds. The van der Waals surface area contributed by atoms with Gasteiger partial charge in [-0.2, -0.15) is 0 Å². The summed E-state index contributed by atoms with van der Waals surface area (Å²) in [6.45, 7) is 2.13. The number of amides is 2. The topological polar surface area (TPSA) is 110 Å². The Morgan fingerprint density at radius 2 is 0.900 bits per heavy atom. The standard InChI is InChI=1S/C24H34N4O2/c25-15-19-7-11-21(12-8-19)17-27-23(29)5-3-1-2-4-6-24(30)28-18-22-13-9-20(16-26)10-14-22/h7-14H,1-6,15-18,25-26H2,(H,27,29)(H,28,30). The van der Waals surface area contributed by atoms with Gasteiger partial charge in [-0.25, -0.2) is 0 Å². The number of carbonyl (C=O) groups is 2. The third kappa shape index (κ3) is 9.20. The third-order valence-electron chi connectivity index (χ3n) is 5.05. The van der Waals surface area contributed by atoms with Gasteiger partial charge in [-0.1, -0.05) is 61.4 Å². The summed E-state index contributed by atoms with van der Waals surface area (Å²) >= 11 is 0. The van der Waals surface area contributed by atoms with Gasteiger partial charge < -0.3 is 22.1 Å². The average molecular weight is 411 g/mol. The van der Waals surface area contributed by atoms with E-state index in [9.17, 15) is 9.59 Å². The predicted octanol–water partition coefficient (Wildman–Crippen LogP) is 2.88. The van der Waals surface area contributed by atoms with E-state index in [-0.39, 0.29) is 11.8 Å². The second kappa shape index (κ2) is 13.5. The molecule has 0 aliphatic rings. The summed E-state index contributed by atoms with van der Waals surface area (Å²) in [5, 5.41) is 5.89. The van der Waals surface area contributed by atoms with Gasteiger partial charge in [0.25, 0.3) is 0 Å². The minimum Gasteiger partial charge on any atom is -0.352 e. The molecule has 162 valence electrons. The van der Waals surface area contributed by atoms with Crippen LogP contribution in [0.4, 0.5) is 0 Å². The van der Waals surface area contributed by atoms with Gasteiger partial charge in [-0.15, -0.1) is 0 Å². The van der Waals surface area contributed by atoms with Crippen molar-refractivity contribution in [2.45, 2.75) is 64.7 Å². The number of carbonyl (C=O) groups excluding carboxylic acids is 2. The molecule has 2 aromatic rings. The zero-order valence-electron chi connectivity index (χ0n) is 17.7. The molecule has 0 fully saturated rings. The molecule has 6 N–H and O–H groups in total. The molecule has 0 saturated carbocycles. The lowest BCUT2D eigenvalue weighted by molar-refractivity contribution is -0.122. The van der Waals surface area contributed by atoms with Gasteiger partial charge in [0, 0.05) is 39.0 Å². The lowest BCUT2D eigenvalue weighted by Gasteiger charge is -2.07. The van der Waals surface area contributed by atoms with Crippen molar-refractivity contribution in [1.29, 1.82) is 0 Å². The maximum atomic E-state index is 11.9. The van der Waals surface area contributed by atoms with Gasteiger partial charge in [0.1, 0.15) is 0 Å². The van der Waals surface area contributed by atoms with E-state index in [0.717, 1.165) is 47.9 Å². The van der Waals surface area contributed by atoms with E-state index in [0.29, 0.717) is 39.0 Å². The van der Waals surface area contributed by atoms with Crippen LogP contribution in [0.2, 0.25) is 0 Å². The molecule has 0 radical (unpaired) electrons. The first-order valence-electron chi connectivity index (χ1n) is 10.7. The van der Waals surface area contributed by atoms with Gasteiger partial charge in [0.2, 0.25) is 11.8 Å². The molecule has 0 bridgehead atoms. The highest BCUT2D eigenvalue weighted by Crippen LogP contribution is 2.08. The van der Waals surface area contributed by atoms with E-state index in [2.05, 4.69) is 10.6 Å². The summed E-state index contributed by atoms with van der Waals surface area (Å²) in [4.78, 5) is 23.9. The monoisotopic (exact) mass is 410 g/mol. The molecule has 0 aliphatic heterocycles. The van der Waals surface area contributed by atoms with E-state index in [1.54, 1.807) is 0 Å². The SMILES string of the molecule is NCc1ccc(CNC(=O)CCCCCCC(=O)NCc2ccc(CN)cc2)cc1. The maximum Gasteiger partial charge on any atom is 0.220 e. The van der Waals surface area contributed by atoms with Gasteiger partial charge in [-0.3, -0.25) is 9.59 Å². The molecule has 0 aliphatic carbocycles. The summed E-state index contributed by atoms with van der Waals surface area (Å²) in [6, 6.07) is 15.9. The van der Waals surface area contributed by atoms with Crippen molar-refractivity contribution in [2.24, 2.45) is 11.5 Å². The molecule has 0 atom stereocenters. The fourth-order valence-corrected chi connectivity index (χ4v) is 3.09. The second-order valence-electron chi connectivity index (χ2n) is 7.51. The van der Waals surface area contributed by atoms with E-state index in [1.807, 2.05) is 48.5 Å². The van der Waals surface area contributed by atoms with Gasteiger partial charge >= 0.3 is 0 Å². The molecule has 0 unspecified atom stereocenters. The van der Waals surface area contributed by atoms with E-state index < -0.39 is 0 Å². The minimum absolute atomic E-state index is 0.0660. The zero-order chi connectivity index (χ0) is 21.6. The Morgan fingerprint density at radius 1 is 0.567 bits per heavy atom. The first-order valence-corrected chi connectivity index (χ1v) is 10.7. The lowest BCUT2D eigenvalue weighted by atomic mass is 10.1. The first-order chi connectivity index (χ1) is 14.6. The van der Waals surface area contributed by atoms with Crippen LogP contribution in [0.25, 0.3) is 0 Å². The number of nitrogens with two attached hydrogens (primary N) is 2. The highest BCUT2D eigenvalue weighted by atomic mass is 16.2. The fourth-order valence-electron chi connectivity index (χ4n) is 3.09. The van der Waals surface area contributed by atoms with Crippen molar-refractivity contribution < 1.29 is 9.59 Å². The maximum absolute atomic E-state index is 11.9. The zero-order valence-corrected chi connectivity index (χ0v) is 17.7. The van der Waals surface area contributed by atoms with Gasteiger partial charge in [0.15, 0.2) is 0 Å². The van der Waals surface area contributed by atoms with Crippen LogP contribution in [-0.2, 0) is 35.8 Å². The fraction of sp³-hybridized carbons (Fsp3) is 0.417. The largest absolute Gasteiger partial charge is 0.352 e. The van der Waals surface area contributed by atoms with E-state index >= 15 is 0 Å². The predicted molar refractivity (Wildman–Crippen MR) is 120 cm³/mol. The molecule has 6 heteroatoms. The highest BCUT2D eigenvalue weighted by molar-refractivity contribution is 5.76. The Morgan fingerprint density at radius 3 is 1.23 bits per heavy atom. The number of benzene rings is 2. The Hall–Kier alpha value is -2.70. The van der Waals surface area contributed by atoms with Crippen molar-refractivity contribution >= 4 is 11.8 Å². The molecule has 2 rings (SSSR count). The van der Waals surface area contributed by atoms with Crippen LogP contribution in [0, 0.1) is 0 Å². The summed E-state index contributed by atoms with van der Waals surface area (Å²) in [5.41, 5.74) is 15.5. The summed E-state index contributed by atoms with van der Waals surface area (Å²) in [6.07, 6.45) is 4.62. The van der Waals surface area contributed by atoms with E-state index in [4.69, 9.17) is 11.5 Å². The number of hydrogen-bond acceptors (Lipinski definition) is 4. The summed E-state index contributed by atoms with van der Waals surface area (Å²) in [5.74, 6) is 0.132. The second-order valence-corrected chi connectivity index (χ2v) is 7.51. The van der Waals surface area contributed by atoms with Crippen molar-refractivity contribution in [2.75, 3.05) is 0 Å². The van der Waals surface area contributed by atoms with Crippen molar-refractivity contribution in [1.82, 2.24) is 10.6 Å². The Labute approximate surface area is 179 Å². The van der Waals surface area contributed by atoms with Crippen LogP contribution >= 0.6 is 0 Å². The minimum atomic E-state index is 0.0660. The quantitative estimate of drug-likeness (QED) is 0.381. The number of hydrogen-bond donors (Lipinski definition) is 4. The molecule has 0 spiro atoms. The number of nitrogens with one attached hydrogen (secondary N) is 2. The molecule has 0 saturated heterocycles. The van der Waals surface area contributed by atoms with Crippen molar-refractivity contribution in [3.8, 4) is 0 Å². The Bertz CT molecular complexity index is 705.